The molecule has 0 bridgehead atoms. The molecule has 1 unspecified atom stereocenters. The van der Waals surface area contributed by atoms with Crippen LogP contribution < -0.4 is 5.73 Å². The Morgan fingerprint density at radius 3 is 2.85 bits per heavy atom. The van der Waals surface area contributed by atoms with Gasteiger partial charge in [-0.3, -0.25) is 0 Å². The molecule has 0 spiro atoms. The zero-order chi connectivity index (χ0) is 14.9. The minimum absolute atomic E-state index is 0.117. The van der Waals surface area contributed by atoms with E-state index in [0.717, 1.165) is 25.3 Å². The number of nitrogens with zero attached hydrogens (tertiary/aromatic N) is 1. The number of sulfonamides is 1. The van der Waals surface area contributed by atoms with Crippen molar-refractivity contribution >= 4 is 27.3 Å². The number of piperidine rings is 1. The second kappa shape index (κ2) is 5.87. The molecule has 1 aromatic rings. The van der Waals surface area contributed by atoms with Gasteiger partial charge in [-0.2, -0.15) is 4.31 Å². The maximum atomic E-state index is 14.0. The van der Waals surface area contributed by atoms with Crippen LogP contribution in [0.25, 0.3) is 0 Å². The van der Waals surface area contributed by atoms with E-state index in [1.54, 1.807) is 0 Å². The molecule has 20 heavy (non-hydrogen) atoms. The summed E-state index contributed by atoms with van der Waals surface area (Å²) in [6.45, 7) is 2.86. The molecule has 1 atom stereocenters. The molecule has 1 saturated heterocycles. The van der Waals surface area contributed by atoms with E-state index >= 15 is 0 Å². The largest absolute Gasteiger partial charge is 0.396 e. The molecule has 112 valence electrons. The normalized spacial score (nSPS) is 21.1. The summed E-state index contributed by atoms with van der Waals surface area (Å²) in [5.41, 5.74) is 5.21. The van der Waals surface area contributed by atoms with Crippen LogP contribution in [0.2, 0.25) is 5.02 Å². The van der Waals surface area contributed by atoms with E-state index < -0.39 is 20.7 Å². The quantitative estimate of drug-likeness (QED) is 0.871. The number of nitrogens with two attached hydrogens (primary N) is 1. The molecule has 2 rings (SSSR count). The summed E-state index contributed by atoms with van der Waals surface area (Å²) in [7, 11) is -3.89. The molecule has 0 aromatic heterocycles. The fourth-order valence-electron chi connectivity index (χ4n) is 2.49. The van der Waals surface area contributed by atoms with Crippen molar-refractivity contribution in [2.24, 2.45) is 5.92 Å². The van der Waals surface area contributed by atoms with Crippen LogP contribution in [0.5, 0.6) is 0 Å². The van der Waals surface area contributed by atoms with Gasteiger partial charge in [0, 0.05) is 18.1 Å². The van der Waals surface area contributed by atoms with Gasteiger partial charge in [0.15, 0.2) is 5.82 Å². The summed E-state index contributed by atoms with van der Waals surface area (Å²) < 4.78 is 40.4. The summed E-state index contributed by atoms with van der Waals surface area (Å²) in [6, 6.07) is 2.33. The van der Waals surface area contributed by atoms with Crippen LogP contribution in [0.4, 0.5) is 10.1 Å². The second-order valence-corrected chi connectivity index (χ2v) is 7.43. The Morgan fingerprint density at radius 1 is 1.50 bits per heavy atom. The fraction of sp³-hybridized carbons (Fsp3) is 0.538. The van der Waals surface area contributed by atoms with E-state index in [-0.39, 0.29) is 10.7 Å². The minimum atomic E-state index is -3.89. The van der Waals surface area contributed by atoms with Crippen LogP contribution in [0.1, 0.15) is 26.2 Å². The Balaban J connectivity index is 2.40. The van der Waals surface area contributed by atoms with Gasteiger partial charge in [0.2, 0.25) is 10.0 Å². The van der Waals surface area contributed by atoms with Crippen LogP contribution in [0.15, 0.2) is 17.0 Å². The summed E-state index contributed by atoms with van der Waals surface area (Å²) in [6.07, 6.45) is 2.70. The summed E-state index contributed by atoms with van der Waals surface area (Å²) in [4.78, 5) is -0.431. The third-order valence-corrected chi connectivity index (χ3v) is 5.79. The summed E-state index contributed by atoms with van der Waals surface area (Å²) in [5, 5.41) is 0.117. The lowest BCUT2D eigenvalue weighted by Gasteiger charge is -2.31. The first-order valence-corrected chi connectivity index (χ1v) is 8.42. The van der Waals surface area contributed by atoms with E-state index in [0.29, 0.717) is 19.0 Å². The van der Waals surface area contributed by atoms with Gasteiger partial charge in [-0.25, -0.2) is 12.8 Å². The van der Waals surface area contributed by atoms with Crippen molar-refractivity contribution in [2.75, 3.05) is 18.8 Å². The van der Waals surface area contributed by atoms with Gasteiger partial charge in [-0.15, -0.1) is 0 Å². The number of nitrogen functional groups attached to an aromatic ring is 1. The van der Waals surface area contributed by atoms with Crippen LogP contribution >= 0.6 is 11.6 Å². The van der Waals surface area contributed by atoms with Crippen molar-refractivity contribution in [3.63, 3.8) is 0 Å². The highest BCUT2D eigenvalue weighted by Gasteiger charge is 2.32. The molecule has 0 amide bonds. The van der Waals surface area contributed by atoms with Crippen molar-refractivity contribution in [3.8, 4) is 0 Å². The van der Waals surface area contributed by atoms with Gasteiger partial charge in [-0.05, 0) is 30.9 Å². The van der Waals surface area contributed by atoms with E-state index in [4.69, 9.17) is 17.3 Å². The molecule has 2 N–H and O–H groups in total. The van der Waals surface area contributed by atoms with Gasteiger partial charge in [0.05, 0.1) is 5.69 Å². The van der Waals surface area contributed by atoms with Crippen LogP contribution in [0.3, 0.4) is 0 Å². The topological polar surface area (TPSA) is 63.4 Å². The minimum Gasteiger partial charge on any atom is -0.396 e. The smallest absolute Gasteiger partial charge is 0.246 e. The lowest BCUT2D eigenvalue weighted by Crippen LogP contribution is -2.40. The molecular formula is C13H18ClFN2O2S. The standard InChI is InChI=1S/C13H18ClFN2O2S/c1-2-9-4-3-5-17(8-9)20(18,19)12-7-10(14)6-11(16)13(12)15/h6-7,9H,2-5,8,16H2,1H3. The van der Waals surface area contributed by atoms with Gasteiger partial charge >= 0.3 is 0 Å². The average Bonchev–Trinajstić information content (AvgIpc) is 2.42. The molecular weight excluding hydrogens is 303 g/mol. The van der Waals surface area contributed by atoms with Gasteiger partial charge < -0.3 is 5.73 Å². The summed E-state index contributed by atoms with van der Waals surface area (Å²) >= 11 is 5.79. The fourth-order valence-corrected chi connectivity index (χ4v) is 4.46. The first-order chi connectivity index (χ1) is 9.36. The first-order valence-electron chi connectivity index (χ1n) is 6.61. The molecule has 0 saturated carbocycles. The third kappa shape index (κ3) is 2.92. The van der Waals surface area contributed by atoms with Crippen molar-refractivity contribution in [3.05, 3.63) is 23.0 Å². The maximum absolute atomic E-state index is 14.0. The molecule has 0 radical (unpaired) electrons. The third-order valence-electron chi connectivity index (χ3n) is 3.71. The van der Waals surface area contributed by atoms with Gasteiger partial charge in [-0.1, -0.05) is 24.9 Å². The SMILES string of the molecule is CCC1CCCN(S(=O)(=O)c2cc(Cl)cc(N)c2F)C1. The molecule has 0 aliphatic carbocycles. The molecule has 1 heterocycles. The lowest BCUT2D eigenvalue weighted by molar-refractivity contribution is 0.261. The molecule has 1 aliphatic rings. The molecule has 1 aromatic carbocycles. The average molecular weight is 321 g/mol. The highest BCUT2D eigenvalue weighted by Crippen LogP contribution is 2.30. The highest BCUT2D eigenvalue weighted by atomic mass is 35.5. The maximum Gasteiger partial charge on any atom is 0.246 e. The predicted molar refractivity (Wildman–Crippen MR) is 77.6 cm³/mol. The van der Waals surface area contributed by atoms with E-state index in [2.05, 4.69) is 0 Å². The van der Waals surface area contributed by atoms with Gasteiger partial charge in [0.25, 0.3) is 0 Å². The zero-order valence-corrected chi connectivity index (χ0v) is 12.8. The van der Waals surface area contributed by atoms with Crippen LogP contribution in [0, 0.1) is 11.7 Å². The second-order valence-electron chi connectivity index (χ2n) is 5.09. The predicted octanol–water partition coefficient (Wildman–Crippen LogP) is 2.87. The lowest BCUT2D eigenvalue weighted by atomic mass is 9.97. The number of hydrogen-bond donors (Lipinski definition) is 1. The van der Waals surface area contributed by atoms with Crippen molar-refractivity contribution in [2.45, 2.75) is 31.1 Å². The van der Waals surface area contributed by atoms with E-state index in [1.807, 2.05) is 6.92 Å². The van der Waals surface area contributed by atoms with E-state index in [1.165, 1.54) is 10.4 Å². The van der Waals surface area contributed by atoms with Crippen molar-refractivity contribution < 1.29 is 12.8 Å². The van der Waals surface area contributed by atoms with Crippen LogP contribution in [-0.4, -0.2) is 25.8 Å². The Bertz CT molecular complexity index is 607. The zero-order valence-electron chi connectivity index (χ0n) is 11.3. The Labute approximate surface area is 123 Å². The number of halogens is 2. The summed E-state index contributed by atoms with van der Waals surface area (Å²) in [5.74, 6) is -0.605. The first kappa shape index (κ1) is 15.5. The Hall–Kier alpha value is -0.850. The molecule has 7 heteroatoms. The molecule has 1 fully saturated rings. The number of hydrogen-bond acceptors (Lipinski definition) is 3. The number of anilines is 1. The van der Waals surface area contributed by atoms with Gasteiger partial charge in [0.1, 0.15) is 4.90 Å². The van der Waals surface area contributed by atoms with Crippen molar-refractivity contribution in [1.29, 1.82) is 0 Å². The Morgan fingerprint density at radius 2 is 2.20 bits per heavy atom. The van der Waals surface area contributed by atoms with Crippen molar-refractivity contribution in [1.82, 2.24) is 4.31 Å². The van der Waals surface area contributed by atoms with Crippen LogP contribution in [-0.2, 0) is 10.0 Å². The molecule has 4 nitrogen and oxygen atoms in total. The highest BCUT2D eigenvalue weighted by molar-refractivity contribution is 7.89. The Kier molecular flexibility index (Phi) is 4.56. The van der Waals surface area contributed by atoms with E-state index in [9.17, 15) is 12.8 Å². The monoisotopic (exact) mass is 320 g/mol. The number of benzene rings is 1. The molecule has 1 aliphatic heterocycles. The number of rotatable bonds is 3.